The standard InChI is InChI=1S/C16H20N4O2/c1-12-17-6-2-15(19-12)20-7-3-13(4-8-20)10-18-16(21)14-5-9-22-11-14/h2,5-6,9,11,13H,3-4,7-8,10H2,1H3,(H,18,21). The lowest BCUT2D eigenvalue weighted by molar-refractivity contribution is 0.0944. The average Bonchev–Trinajstić information content (AvgIpc) is 3.08. The van der Waals surface area contributed by atoms with Crippen LogP contribution in [0.4, 0.5) is 5.82 Å². The molecule has 0 unspecified atom stereocenters. The maximum absolute atomic E-state index is 11.9. The van der Waals surface area contributed by atoms with Crippen molar-refractivity contribution < 1.29 is 9.21 Å². The van der Waals surface area contributed by atoms with Gasteiger partial charge in [0.15, 0.2) is 0 Å². The molecule has 0 aromatic carbocycles. The monoisotopic (exact) mass is 300 g/mol. The predicted octanol–water partition coefficient (Wildman–Crippen LogP) is 2.02. The van der Waals surface area contributed by atoms with Crippen LogP contribution in [0.1, 0.15) is 29.0 Å². The van der Waals surface area contributed by atoms with Crippen molar-refractivity contribution in [1.29, 1.82) is 0 Å². The summed E-state index contributed by atoms with van der Waals surface area (Å²) in [5.74, 6) is 2.23. The lowest BCUT2D eigenvalue weighted by Crippen LogP contribution is -2.39. The van der Waals surface area contributed by atoms with Gasteiger partial charge >= 0.3 is 0 Å². The van der Waals surface area contributed by atoms with Crippen LogP contribution in [0.25, 0.3) is 0 Å². The molecule has 3 rings (SSSR count). The second-order valence-corrected chi connectivity index (χ2v) is 5.61. The number of hydrogen-bond acceptors (Lipinski definition) is 5. The van der Waals surface area contributed by atoms with Crippen LogP contribution in [-0.2, 0) is 0 Å². The molecule has 1 fully saturated rings. The first-order valence-electron chi connectivity index (χ1n) is 7.57. The highest BCUT2D eigenvalue weighted by Crippen LogP contribution is 2.21. The largest absolute Gasteiger partial charge is 0.472 e. The summed E-state index contributed by atoms with van der Waals surface area (Å²) in [6.07, 6.45) is 6.88. The maximum Gasteiger partial charge on any atom is 0.254 e. The van der Waals surface area contributed by atoms with E-state index in [1.807, 2.05) is 13.0 Å². The molecular weight excluding hydrogens is 280 g/mol. The first-order valence-corrected chi connectivity index (χ1v) is 7.57. The van der Waals surface area contributed by atoms with Gasteiger partial charge in [0.05, 0.1) is 11.8 Å². The SMILES string of the molecule is Cc1nccc(N2CCC(CNC(=O)c3ccoc3)CC2)n1. The van der Waals surface area contributed by atoms with Crippen molar-refractivity contribution in [2.45, 2.75) is 19.8 Å². The summed E-state index contributed by atoms with van der Waals surface area (Å²) in [5, 5.41) is 2.98. The summed E-state index contributed by atoms with van der Waals surface area (Å²) in [7, 11) is 0. The maximum atomic E-state index is 11.9. The van der Waals surface area contributed by atoms with Crippen LogP contribution in [0, 0.1) is 12.8 Å². The molecule has 1 saturated heterocycles. The second kappa shape index (κ2) is 6.60. The Balaban J connectivity index is 1.47. The van der Waals surface area contributed by atoms with Crippen LogP contribution < -0.4 is 10.2 Å². The molecule has 1 aliphatic rings. The van der Waals surface area contributed by atoms with Gasteiger partial charge in [-0.05, 0) is 37.8 Å². The minimum absolute atomic E-state index is 0.0670. The number of amides is 1. The summed E-state index contributed by atoms with van der Waals surface area (Å²) in [6, 6.07) is 3.63. The van der Waals surface area contributed by atoms with Crippen LogP contribution in [0.2, 0.25) is 0 Å². The molecule has 0 radical (unpaired) electrons. The summed E-state index contributed by atoms with van der Waals surface area (Å²) in [4.78, 5) is 22.7. The first kappa shape index (κ1) is 14.6. The van der Waals surface area contributed by atoms with Crippen molar-refractivity contribution in [2.24, 2.45) is 5.92 Å². The van der Waals surface area contributed by atoms with Crippen LogP contribution in [0.5, 0.6) is 0 Å². The van der Waals surface area contributed by atoms with E-state index in [2.05, 4.69) is 20.2 Å². The van der Waals surface area contributed by atoms with Crippen molar-refractivity contribution in [3.8, 4) is 0 Å². The Morgan fingerprint density at radius 3 is 2.91 bits per heavy atom. The number of nitrogens with zero attached hydrogens (tertiary/aromatic N) is 3. The van der Waals surface area contributed by atoms with Gasteiger partial charge in [-0.15, -0.1) is 0 Å². The summed E-state index contributed by atoms with van der Waals surface area (Å²) < 4.78 is 4.92. The molecule has 1 amide bonds. The van der Waals surface area contributed by atoms with Crippen LogP contribution >= 0.6 is 0 Å². The van der Waals surface area contributed by atoms with Gasteiger partial charge in [0.25, 0.3) is 5.91 Å². The van der Waals surface area contributed by atoms with Gasteiger partial charge in [-0.1, -0.05) is 0 Å². The van der Waals surface area contributed by atoms with Gasteiger partial charge in [0.1, 0.15) is 17.9 Å². The molecule has 0 atom stereocenters. The van der Waals surface area contributed by atoms with Crippen molar-refractivity contribution in [3.63, 3.8) is 0 Å². The normalized spacial score (nSPS) is 15.8. The number of nitrogens with one attached hydrogen (secondary N) is 1. The van der Waals surface area contributed by atoms with E-state index in [0.717, 1.165) is 37.6 Å². The van der Waals surface area contributed by atoms with Crippen molar-refractivity contribution >= 4 is 11.7 Å². The third-order valence-corrected chi connectivity index (χ3v) is 4.03. The van der Waals surface area contributed by atoms with Crippen LogP contribution in [0.3, 0.4) is 0 Å². The van der Waals surface area contributed by atoms with E-state index in [0.29, 0.717) is 18.0 Å². The zero-order chi connectivity index (χ0) is 15.4. The fourth-order valence-electron chi connectivity index (χ4n) is 2.72. The van der Waals surface area contributed by atoms with Crippen LogP contribution in [-0.4, -0.2) is 35.5 Å². The highest BCUT2D eigenvalue weighted by atomic mass is 16.3. The minimum Gasteiger partial charge on any atom is -0.472 e. The number of rotatable bonds is 4. The lowest BCUT2D eigenvalue weighted by atomic mass is 9.96. The molecule has 0 saturated carbocycles. The Morgan fingerprint density at radius 1 is 1.41 bits per heavy atom. The number of carbonyl (C=O) groups excluding carboxylic acids is 1. The molecule has 6 nitrogen and oxygen atoms in total. The summed E-state index contributed by atoms with van der Waals surface area (Å²) in [5.41, 5.74) is 0.578. The molecule has 2 aromatic heterocycles. The third kappa shape index (κ3) is 3.44. The molecule has 0 bridgehead atoms. The molecule has 3 heterocycles. The van der Waals surface area contributed by atoms with E-state index in [1.165, 1.54) is 12.5 Å². The molecule has 1 aliphatic heterocycles. The number of carbonyl (C=O) groups is 1. The fraction of sp³-hybridized carbons (Fsp3) is 0.438. The minimum atomic E-state index is -0.0670. The Labute approximate surface area is 129 Å². The van der Waals surface area contributed by atoms with Crippen molar-refractivity contribution in [2.75, 3.05) is 24.5 Å². The Bertz CT molecular complexity index is 619. The molecule has 1 N–H and O–H groups in total. The topological polar surface area (TPSA) is 71.3 Å². The van der Waals surface area contributed by atoms with E-state index < -0.39 is 0 Å². The zero-order valence-electron chi connectivity index (χ0n) is 12.7. The number of anilines is 1. The molecule has 0 aliphatic carbocycles. The van der Waals surface area contributed by atoms with Gasteiger partial charge < -0.3 is 14.6 Å². The number of piperidine rings is 1. The second-order valence-electron chi connectivity index (χ2n) is 5.61. The zero-order valence-corrected chi connectivity index (χ0v) is 12.7. The smallest absolute Gasteiger partial charge is 0.254 e. The number of hydrogen-bond donors (Lipinski definition) is 1. The van der Waals surface area contributed by atoms with E-state index in [-0.39, 0.29) is 5.91 Å². The van der Waals surface area contributed by atoms with Crippen molar-refractivity contribution in [3.05, 3.63) is 42.2 Å². The highest BCUT2D eigenvalue weighted by Gasteiger charge is 2.21. The Morgan fingerprint density at radius 2 is 2.23 bits per heavy atom. The van der Waals surface area contributed by atoms with Gasteiger partial charge in [0.2, 0.25) is 0 Å². The van der Waals surface area contributed by atoms with Gasteiger partial charge in [-0.3, -0.25) is 4.79 Å². The molecule has 116 valence electrons. The number of aromatic nitrogens is 2. The van der Waals surface area contributed by atoms with Crippen LogP contribution in [0.15, 0.2) is 35.3 Å². The summed E-state index contributed by atoms with van der Waals surface area (Å²) >= 11 is 0. The van der Waals surface area contributed by atoms with E-state index in [4.69, 9.17) is 4.42 Å². The number of furan rings is 1. The Hall–Kier alpha value is -2.37. The quantitative estimate of drug-likeness (QED) is 0.935. The van der Waals surface area contributed by atoms with Crippen molar-refractivity contribution in [1.82, 2.24) is 15.3 Å². The van der Waals surface area contributed by atoms with E-state index in [9.17, 15) is 4.79 Å². The van der Waals surface area contributed by atoms with E-state index in [1.54, 1.807) is 12.3 Å². The van der Waals surface area contributed by atoms with Gasteiger partial charge in [0, 0.05) is 25.8 Å². The average molecular weight is 300 g/mol. The molecule has 0 spiro atoms. The predicted molar refractivity (Wildman–Crippen MR) is 82.7 cm³/mol. The highest BCUT2D eigenvalue weighted by molar-refractivity contribution is 5.93. The fourth-order valence-corrected chi connectivity index (χ4v) is 2.72. The first-order chi connectivity index (χ1) is 10.7. The molecule has 22 heavy (non-hydrogen) atoms. The Kier molecular flexibility index (Phi) is 4.37. The third-order valence-electron chi connectivity index (χ3n) is 4.03. The lowest BCUT2D eigenvalue weighted by Gasteiger charge is -2.32. The molecule has 2 aromatic rings. The number of aryl methyl sites for hydroxylation is 1. The van der Waals surface area contributed by atoms with Gasteiger partial charge in [-0.2, -0.15) is 0 Å². The summed E-state index contributed by atoms with van der Waals surface area (Å²) in [6.45, 7) is 4.54. The van der Waals surface area contributed by atoms with E-state index >= 15 is 0 Å². The molecular formula is C16H20N4O2. The van der Waals surface area contributed by atoms with Gasteiger partial charge in [-0.25, -0.2) is 9.97 Å². The molecule has 6 heteroatoms.